The van der Waals surface area contributed by atoms with Gasteiger partial charge in [0, 0.05) is 18.7 Å². The Kier molecular flexibility index (Phi) is 4.43. The van der Waals surface area contributed by atoms with E-state index in [0.29, 0.717) is 13.1 Å². The minimum absolute atomic E-state index is 0.136. The maximum Gasteiger partial charge on any atom is 0.230 e. The molecule has 3 aliphatic rings. The summed E-state index contributed by atoms with van der Waals surface area (Å²) >= 11 is 0. The highest BCUT2D eigenvalue weighted by Crippen LogP contribution is 2.52. The van der Waals surface area contributed by atoms with Crippen LogP contribution in [0.1, 0.15) is 11.1 Å². The van der Waals surface area contributed by atoms with Gasteiger partial charge in [-0.2, -0.15) is 0 Å². The number of halogens is 2. The molecule has 0 saturated carbocycles. The molecule has 154 valence electrons. The third kappa shape index (κ3) is 2.92. The molecule has 2 aromatic carbocycles. The summed E-state index contributed by atoms with van der Waals surface area (Å²) in [4.78, 5) is 27.8. The predicted octanol–water partition coefficient (Wildman–Crippen LogP) is 2.56. The van der Waals surface area contributed by atoms with Gasteiger partial charge in [0.05, 0.1) is 24.5 Å². The fourth-order valence-corrected chi connectivity index (χ4v) is 4.81. The van der Waals surface area contributed by atoms with Crippen LogP contribution in [0.3, 0.4) is 0 Å². The van der Waals surface area contributed by atoms with Crippen molar-refractivity contribution in [1.82, 2.24) is 10.2 Å². The van der Waals surface area contributed by atoms with Crippen LogP contribution in [0.2, 0.25) is 0 Å². The number of carbonyl (C=O) groups excluding carboxylic acids is 2. The van der Waals surface area contributed by atoms with Crippen molar-refractivity contribution >= 4 is 11.8 Å². The Bertz CT molecular complexity index is 1020. The van der Waals surface area contributed by atoms with E-state index in [-0.39, 0.29) is 18.0 Å². The van der Waals surface area contributed by atoms with E-state index in [4.69, 9.17) is 4.74 Å². The predicted molar refractivity (Wildman–Crippen MR) is 104 cm³/mol. The molecule has 3 heterocycles. The molecule has 4 unspecified atom stereocenters. The molecule has 2 aromatic rings. The number of amides is 2. The standard InChI is InChI=1S/C23H20F2N2O3/c24-16-7-4-8-17(25)15(16)11-26-21(28)19-18-9-10-23(30-18)13-27(22(29)20(19)23)12-14-5-2-1-3-6-14/h1-10,18-20H,11-13H2,(H,26,28). The number of nitrogens with one attached hydrogen (secondary N) is 1. The third-order valence-electron chi connectivity index (χ3n) is 6.20. The number of fused-ring (bicyclic) bond motifs is 1. The highest BCUT2D eigenvalue weighted by Gasteiger charge is 2.66. The van der Waals surface area contributed by atoms with Gasteiger partial charge >= 0.3 is 0 Å². The minimum atomic E-state index is -0.818. The average molecular weight is 410 g/mol. The van der Waals surface area contributed by atoms with Gasteiger partial charge in [0.25, 0.3) is 0 Å². The van der Waals surface area contributed by atoms with Crippen LogP contribution >= 0.6 is 0 Å². The Hall–Kier alpha value is -3.06. The van der Waals surface area contributed by atoms with Crippen molar-refractivity contribution in [3.8, 4) is 0 Å². The number of benzene rings is 2. The zero-order chi connectivity index (χ0) is 20.9. The van der Waals surface area contributed by atoms with E-state index >= 15 is 0 Å². The zero-order valence-electron chi connectivity index (χ0n) is 16.1. The number of nitrogens with zero attached hydrogens (tertiary/aromatic N) is 1. The molecule has 1 N–H and O–H groups in total. The van der Waals surface area contributed by atoms with Gasteiger partial charge in [-0.15, -0.1) is 0 Å². The third-order valence-corrected chi connectivity index (χ3v) is 6.20. The van der Waals surface area contributed by atoms with Gasteiger partial charge in [-0.3, -0.25) is 9.59 Å². The Morgan fingerprint density at radius 1 is 1.13 bits per heavy atom. The van der Waals surface area contributed by atoms with Gasteiger partial charge in [-0.1, -0.05) is 48.6 Å². The van der Waals surface area contributed by atoms with Crippen molar-refractivity contribution in [2.75, 3.05) is 6.54 Å². The Morgan fingerprint density at radius 3 is 2.60 bits per heavy atom. The maximum absolute atomic E-state index is 13.9. The summed E-state index contributed by atoms with van der Waals surface area (Å²) in [7, 11) is 0. The van der Waals surface area contributed by atoms with Crippen LogP contribution in [0.4, 0.5) is 8.78 Å². The smallest absolute Gasteiger partial charge is 0.230 e. The van der Waals surface area contributed by atoms with Crippen molar-refractivity contribution in [3.05, 3.63) is 83.4 Å². The molecule has 1 spiro atoms. The summed E-state index contributed by atoms with van der Waals surface area (Å²) in [6.45, 7) is 0.532. The maximum atomic E-state index is 13.9. The quantitative estimate of drug-likeness (QED) is 0.771. The van der Waals surface area contributed by atoms with Crippen LogP contribution in [0.25, 0.3) is 0 Å². The highest BCUT2D eigenvalue weighted by atomic mass is 19.1. The van der Waals surface area contributed by atoms with E-state index in [9.17, 15) is 18.4 Å². The van der Waals surface area contributed by atoms with Crippen molar-refractivity contribution in [2.45, 2.75) is 24.8 Å². The molecule has 0 aliphatic carbocycles. The molecule has 3 aliphatic heterocycles. The first-order valence-electron chi connectivity index (χ1n) is 9.89. The summed E-state index contributed by atoms with van der Waals surface area (Å²) in [5.74, 6) is -3.37. The van der Waals surface area contributed by atoms with Crippen LogP contribution in [0, 0.1) is 23.5 Å². The molecule has 5 nitrogen and oxygen atoms in total. The van der Waals surface area contributed by atoms with Crippen LogP contribution in [0.5, 0.6) is 0 Å². The highest BCUT2D eigenvalue weighted by molar-refractivity contribution is 5.93. The topological polar surface area (TPSA) is 58.6 Å². The molecular formula is C23H20F2N2O3. The fourth-order valence-electron chi connectivity index (χ4n) is 4.81. The molecule has 2 bridgehead atoms. The van der Waals surface area contributed by atoms with Crippen molar-refractivity contribution in [3.63, 3.8) is 0 Å². The Morgan fingerprint density at radius 2 is 1.87 bits per heavy atom. The molecule has 2 fully saturated rings. The van der Waals surface area contributed by atoms with Crippen molar-refractivity contribution < 1.29 is 23.1 Å². The molecular weight excluding hydrogens is 390 g/mol. The van der Waals surface area contributed by atoms with Gasteiger partial charge in [-0.05, 0) is 17.7 Å². The summed E-state index contributed by atoms with van der Waals surface area (Å²) < 4.78 is 33.8. The average Bonchev–Trinajstić information content (AvgIpc) is 3.37. The summed E-state index contributed by atoms with van der Waals surface area (Å²) in [6.07, 6.45) is 3.18. The molecule has 5 rings (SSSR count). The lowest BCUT2D eigenvalue weighted by atomic mass is 9.77. The molecule has 4 atom stereocenters. The number of rotatable bonds is 5. The van der Waals surface area contributed by atoms with E-state index < -0.39 is 41.1 Å². The van der Waals surface area contributed by atoms with E-state index in [1.165, 1.54) is 6.07 Å². The molecule has 2 saturated heterocycles. The number of likely N-dealkylation sites (tertiary alicyclic amines) is 1. The second-order valence-corrected chi connectivity index (χ2v) is 8.00. The van der Waals surface area contributed by atoms with Gasteiger partial charge in [-0.25, -0.2) is 8.78 Å². The minimum Gasteiger partial charge on any atom is -0.360 e. The number of hydrogen-bond donors (Lipinski definition) is 1. The fraction of sp³-hybridized carbons (Fsp3) is 0.304. The largest absolute Gasteiger partial charge is 0.360 e. The number of ether oxygens (including phenoxy) is 1. The zero-order valence-corrected chi connectivity index (χ0v) is 16.1. The van der Waals surface area contributed by atoms with Crippen molar-refractivity contribution in [1.29, 1.82) is 0 Å². The Labute approximate surface area is 172 Å². The summed E-state index contributed by atoms with van der Waals surface area (Å²) in [5, 5.41) is 2.60. The lowest BCUT2D eigenvalue weighted by molar-refractivity contribution is -0.137. The van der Waals surface area contributed by atoms with Crippen LogP contribution in [-0.4, -0.2) is 35.0 Å². The first kappa shape index (κ1) is 18.9. The van der Waals surface area contributed by atoms with Crippen LogP contribution in [0.15, 0.2) is 60.7 Å². The second-order valence-electron chi connectivity index (χ2n) is 8.00. The van der Waals surface area contributed by atoms with Crippen LogP contribution in [-0.2, 0) is 27.4 Å². The van der Waals surface area contributed by atoms with Gasteiger partial charge in [0.2, 0.25) is 11.8 Å². The Balaban J connectivity index is 1.34. The molecule has 0 aromatic heterocycles. The van der Waals surface area contributed by atoms with Crippen LogP contribution < -0.4 is 5.32 Å². The molecule has 0 radical (unpaired) electrons. The second kappa shape index (κ2) is 7.02. The molecule has 2 amide bonds. The lowest BCUT2D eigenvalue weighted by Crippen LogP contribution is -2.44. The monoisotopic (exact) mass is 410 g/mol. The van der Waals surface area contributed by atoms with E-state index in [0.717, 1.165) is 17.7 Å². The van der Waals surface area contributed by atoms with Gasteiger partial charge in [0.15, 0.2) is 0 Å². The van der Waals surface area contributed by atoms with Crippen molar-refractivity contribution in [2.24, 2.45) is 11.8 Å². The molecule has 30 heavy (non-hydrogen) atoms. The first-order valence-corrected chi connectivity index (χ1v) is 9.89. The summed E-state index contributed by atoms with van der Waals surface area (Å²) in [6, 6.07) is 13.2. The molecule has 7 heteroatoms. The number of hydrogen-bond acceptors (Lipinski definition) is 3. The normalized spacial score (nSPS) is 28.8. The van der Waals surface area contributed by atoms with Gasteiger partial charge < -0.3 is 15.0 Å². The van der Waals surface area contributed by atoms with Gasteiger partial charge in [0.1, 0.15) is 17.2 Å². The summed E-state index contributed by atoms with van der Waals surface area (Å²) in [5.41, 5.74) is -0.0256. The lowest BCUT2D eigenvalue weighted by Gasteiger charge is -2.23. The van der Waals surface area contributed by atoms with E-state index in [1.54, 1.807) is 4.90 Å². The SMILES string of the molecule is O=C(NCc1c(F)cccc1F)C1C2C=CC3(CN(Cc4ccccc4)C(=O)C13)O2. The first-order chi connectivity index (χ1) is 14.5. The van der Waals surface area contributed by atoms with E-state index in [2.05, 4.69) is 5.32 Å². The number of carbonyl (C=O) groups is 2. The van der Waals surface area contributed by atoms with E-state index in [1.807, 2.05) is 42.5 Å².